The molecule has 6 nitrogen and oxygen atoms in total. The van der Waals surface area contributed by atoms with E-state index in [0.717, 1.165) is 35.0 Å². The molecule has 0 aliphatic rings. The summed E-state index contributed by atoms with van der Waals surface area (Å²) in [6.45, 7) is -0.569. The summed E-state index contributed by atoms with van der Waals surface area (Å²) < 4.78 is 42.7. The third-order valence-electron chi connectivity index (χ3n) is 7.19. The van der Waals surface area contributed by atoms with E-state index in [-0.39, 0.29) is 5.65 Å². The van der Waals surface area contributed by atoms with Gasteiger partial charge in [0, 0.05) is 68.3 Å². The van der Waals surface area contributed by atoms with Crippen molar-refractivity contribution in [2.45, 2.75) is 32.4 Å². The van der Waals surface area contributed by atoms with E-state index in [1.807, 2.05) is 54.9 Å². The maximum atomic E-state index is 13.5. The van der Waals surface area contributed by atoms with Crippen LogP contribution >= 0.6 is 0 Å². The number of halogens is 3. The van der Waals surface area contributed by atoms with Crippen LogP contribution in [0.1, 0.15) is 41.3 Å². The number of imidazole rings is 2. The highest BCUT2D eigenvalue weighted by Gasteiger charge is 2.09. The molecule has 7 aromatic rings. The summed E-state index contributed by atoms with van der Waals surface area (Å²) >= 11 is 0. The molecule has 0 atom stereocenters. The number of pyridine rings is 4. The second-order valence-corrected chi connectivity index (χ2v) is 10.7. The summed E-state index contributed by atoms with van der Waals surface area (Å²) in [5.74, 6) is 10.7. The number of alkyl halides is 1. The second-order valence-electron chi connectivity index (χ2n) is 10.7. The summed E-state index contributed by atoms with van der Waals surface area (Å²) in [6.07, 6.45) is 11.1. The summed E-state index contributed by atoms with van der Waals surface area (Å²) in [4.78, 5) is 17.2. The number of aromatic nitrogens is 6. The van der Waals surface area contributed by atoms with Crippen LogP contribution in [-0.2, 0) is 19.5 Å². The number of benzene rings is 1. The van der Waals surface area contributed by atoms with E-state index in [2.05, 4.69) is 61.2 Å². The lowest BCUT2D eigenvalue weighted by molar-refractivity contribution is 0.476. The highest BCUT2D eigenvalue weighted by molar-refractivity contribution is 5.77. The number of aryl methyl sites for hydroxylation is 2. The molecule has 0 N–H and O–H groups in total. The van der Waals surface area contributed by atoms with Crippen LogP contribution in [0, 0.1) is 35.3 Å². The molecule has 0 bridgehead atoms. The monoisotopic (exact) mass is 638 g/mol. The van der Waals surface area contributed by atoms with Gasteiger partial charge in [-0.15, -0.1) is 0 Å². The smallest absolute Gasteiger partial charge is 0.173 e. The average Bonchev–Trinajstić information content (AvgIpc) is 3.74. The molecule has 0 saturated carbocycles. The zero-order chi connectivity index (χ0) is 33.1. The fourth-order valence-corrected chi connectivity index (χ4v) is 4.97. The molecule has 0 saturated heterocycles. The lowest BCUT2D eigenvalue weighted by Gasteiger charge is -2.02. The van der Waals surface area contributed by atoms with Gasteiger partial charge in [-0.2, -0.15) is 0 Å². The Morgan fingerprint density at radius 2 is 1.33 bits per heavy atom. The van der Waals surface area contributed by atoms with Gasteiger partial charge in [0.15, 0.2) is 11.5 Å². The van der Waals surface area contributed by atoms with Crippen LogP contribution < -0.4 is 0 Å². The van der Waals surface area contributed by atoms with E-state index in [9.17, 15) is 13.2 Å². The van der Waals surface area contributed by atoms with Crippen LogP contribution in [0.15, 0.2) is 116 Å². The average molecular weight is 639 g/mol. The maximum Gasteiger partial charge on any atom is 0.173 e. The molecule has 1 aromatic carbocycles. The van der Waals surface area contributed by atoms with E-state index in [0.29, 0.717) is 42.0 Å². The third kappa shape index (κ3) is 8.14. The van der Waals surface area contributed by atoms with Crippen molar-refractivity contribution in [2.24, 2.45) is 0 Å². The minimum atomic E-state index is -0.666. The number of hydrogen-bond acceptors (Lipinski definition) is 4. The fraction of sp³-hybridized carbons (Fsp3) is 0.128. The predicted octanol–water partition coefficient (Wildman–Crippen LogP) is 7.84. The molecule has 0 amide bonds. The first kappa shape index (κ1) is 31.8. The second kappa shape index (κ2) is 15.4. The van der Waals surface area contributed by atoms with Gasteiger partial charge in [-0.25, -0.2) is 33.1 Å². The normalized spacial score (nSPS) is 10.5. The molecule has 0 aliphatic heterocycles. The summed E-state index contributed by atoms with van der Waals surface area (Å²) in [6, 6.07) is 26.0. The molecule has 0 spiro atoms. The van der Waals surface area contributed by atoms with Crippen molar-refractivity contribution in [3.8, 4) is 34.8 Å². The van der Waals surface area contributed by atoms with Crippen LogP contribution in [0.4, 0.5) is 13.2 Å². The highest BCUT2D eigenvalue weighted by atomic mass is 19.1. The van der Waals surface area contributed by atoms with Crippen molar-refractivity contribution < 1.29 is 13.2 Å². The molecular weight excluding hydrogens is 609 g/mol. The van der Waals surface area contributed by atoms with Gasteiger partial charge in [0.05, 0.1) is 17.1 Å². The van der Waals surface area contributed by atoms with E-state index >= 15 is 0 Å². The molecular formula is C39H29F3N6. The lowest BCUT2D eigenvalue weighted by atomic mass is 10.1. The van der Waals surface area contributed by atoms with Gasteiger partial charge in [0.25, 0.3) is 0 Å². The SMILES string of the molecule is FCc1cccc(C#CCCc2cn3cccc(-c4ccccc4)c3n2)n1.Fc1cc(F)c2nc(CCC#Cc3ccccn3)cn2c1. The van der Waals surface area contributed by atoms with Crippen molar-refractivity contribution in [2.75, 3.05) is 0 Å². The summed E-state index contributed by atoms with van der Waals surface area (Å²) in [5.41, 5.74) is 6.74. The van der Waals surface area contributed by atoms with Crippen molar-refractivity contribution in [1.29, 1.82) is 0 Å². The van der Waals surface area contributed by atoms with Crippen LogP contribution in [0.2, 0.25) is 0 Å². The van der Waals surface area contributed by atoms with Crippen LogP contribution in [0.25, 0.3) is 22.4 Å². The molecule has 0 aliphatic carbocycles. The predicted molar refractivity (Wildman–Crippen MR) is 179 cm³/mol. The Balaban J connectivity index is 0.000000173. The Morgan fingerprint density at radius 1 is 0.625 bits per heavy atom. The largest absolute Gasteiger partial charge is 0.306 e. The Kier molecular flexibility index (Phi) is 10.2. The molecule has 0 radical (unpaired) electrons. The zero-order valence-corrected chi connectivity index (χ0v) is 25.8. The molecule has 9 heteroatoms. The van der Waals surface area contributed by atoms with Gasteiger partial charge in [-0.1, -0.05) is 54.3 Å². The Labute approximate surface area is 276 Å². The Bertz CT molecular complexity index is 2270. The highest BCUT2D eigenvalue weighted by Crippen LogP contribution is 2.24. The topological polar surface area (TPSA) is 60.4 Å². The molecule has 0 fully saturated rings. The van der Waals surface area contributed by atoms with Crippen molar-refractivity contribution in [3.63, 3.8) is 0 Å². The van der Waals surface area contributed by atoms with Crippen LogP contribution in [0.3, 0.4) is 0 Å². The fourth-order valence-electron chi connectivity index (χ4n) is 4.97. The van der Waals surface area contributed by atoms with E-state index < -0.39 is 18.3 Å². The lowest BCUT2D eigenvalue weighted by Crippen LogP contribution is -1.89. The molecule has 48 heavy (non-hydrogen) atoms. The van der Waals surface area contributed by atoms with Gasteiger partial charge >= 0.3 is 0 Å². The molecule has 6 heterocycles. The molecule has 236 valence electrons. The minimum absolute atomic E-state index is 0.129. The number of hydrogen-bond donors (Lipinski definition) is 0. The molecule has 6 aromatic heterocycles. The van der Waals surface area contributed by atoms with E-state index in [1.165, 1.54) is 10.6 Å². The zero-order valence-electron chi connectivity index (χ0n) is 25.8. The first-order valence-electron chi connectivity index (χ1n) is 15.3. The van der Waals surface area contributed by atoms with E-state index in [1.54, 1.807) is 30.6 Å². The summed E-state index contributed by atoms with van der Waals surface area (Å²) in [7, 11) is 0. The standard InChI is InChI=1S/C23H18FN3.C16H11F2N3/c24-16-20-13-6-12-19(25-20)10-4-5-11-21-17-27-15-7-14-22(23(27)26-21)18-8-2-1-3-9-18;17-12-9-15(18)16-20-14(11-21(16)10-12)7-2-1-5-13-6-3-4-8-19-13/h1-3,6-9,12-15,17H,5,11,16H2;3-4,6,8-11H,2,7H2. The van der Waals surface area contributed by atoms with Crippen molar-refractivity contribution in [1.82, 2.24) is 28.7 Å². The first-order chi connectivity index (χ1) is 23.6. The third-order valence-corrected chi connectivity index (χ3v) is 7.19. The van der Waals surface area contributed by atoms with Crippen LogP contribution in [0.5, 0.6) is 0 Å². The quantitative estimate of drug-likeness (QED) is 0.174. The molecule has 7 rings (SSSR count). The van der Waals surface area contributed by atoms with Crippen molar-refractivity contribution >= 4 is 11.3 Å². The Hall–Kier alpha value is -6.19. The van der Waals surface area contributed by atoms with Crippen LogP contribution in [-0.4, -0.2) is 28.7 Å². The number of fused-ring (bicyclic) bond motifs is 2. The van der Waals surface area contributed by atoms with E-state index in [4.69, 9.17) is 4.98 Å². The maximum absolute atomic E-state index is 13.5. The van der Waals surface area contributed by atoms with Gasteiger partial charge < -0.3 is 8.80 Å². The van der Waals surface area contributed by atoms with Gasteiger partial charge in [-0.05, 0) is 53.8 Å². The first-order valence-corrected chi connectivity index (χ1v) is 15.3. The minimum Gasteiger partial charge on any atom is -0.306 e. The molecule has 0 unspecified atom stereocenters. The Morgan fingerprint density at radius 3 is 2.08 bits per heavy atom. The van der Waals surface area contributed by atoms with Gasteiger partial charge in [0.1, 0.15) is 29.5 Å². The van der Waals surface area contributed by atoms with Gasteiger partial charge in [-0.3, -0.25) is 0 Å². The van der Waals surface area contributed by atoms with Crippen molar-refractivity contribution in [3.05, 3.63) is 156 Å². The number of nitrogens with zero attached hydrogens (tertiary/aromatic N) is 6. The number of rotatable bonds is 6. The summed E-state index contributed by atoms with van der Waals surface area (Å²) in [5, 5.41) is 0. The van der Waals surface area contributed by atoms with Gasteiger partial charge in [0.2, 0.25) is 0 Å².